The van der Waals surface area contributed by atoms with Gasteiger partial charge in [-0.3, -0.25) is 9.69 Å². The Labute approximate surface area is 163 Å². The van der Waals surface area contributed by atoms with Crippen molar-refractivity contribution in [1.82, 2.24) is 4.90 Å². The van der Waals surface area contributed by atoms with Crippen LogP contribution in [0.4, 0.5) is 0 Å². The minimum Gasteiger partial charge on any atom is -0.497 e. The number of rotatable bonds is 7. The van der Waals surface area contributed by atoms with Gasteiger partial charge in [0.15, 0.2) is 0 Å². The average Bonchev–Trinajstić information content (AvgIpc) is 2.94. The van der Waals surface area contributed by atoms with E-state index in [0.29, 0.717) is 17.3 Å². The third-order valence-corrected chi connectivity index (χ3v) is 5.96. The van der Waals surface area contributed by atoms with E-state index < -0.39 is 0 Å². The highest BCUT2D eigenvalue weighted by Gasteiger charge is 2.36. The molecule has 0 unspecified atom stereocenters. The van der Waals surface area contributed by atoms with Crippen molar-refractivity contribution < 1.29 is 14.3 Å². The van der Waals surface area contributed by atoms with Gasteiger partial charge in [0.25, 0.3) is 0 Å². The molecule has 1 aliphatic rings. The minimum absolute atomic E-state index is 0.0776. The Morgan fingerprint density at radius 3 is 2.58 bits per heavy atom. The molecule has 0 N–H and O–H groups in total. The van der Waals surface area contributed by atoms with Crippen molar-refractivity contribution >= 4 is 34.2 Å². The average molecular weight is 388 g/mol. The molecule has 2 aromatic rings. The van der Waals surface area contributed by atoms with Gasteiger partial charge in [0.2, 0.25) is 5.91 Å². The Bertz CT molecular complexity index is 795. The number of amides is 1. The van der Waals surface area contributed by atoms with Crippen LogP contribution in [0.5, 0.6) is 11.5 Å². The molecular formula is C20H21NO3S2. The second-order valence-corrected chi connectivity index (χ2v) is 7.82. The zero-order valence-electron chi connectivity index (χ0n) is 14.8. The molecule has 0 bridgehead atoms. The van der Waals surface area contributed by atoms with Crippen LogP contribution >= 0.6 is 24.0 Å². The number of hydrogen-bond acceptors (Lipinski definition) is 5. The van der Waals surface area contributed by atoms with Crippen LogP contribution in [0.15, 0.2) is 48.5 Å². The summed E-state index contributed by atoms with van der Waals surface area (Å²) in [4.78, 5) is 14.5. The summed E-state index contributed by atoms with van der Waals surface area (Å²) >= 11 is 6.91. The molecule has 26 heavy (non-hydrogen) atoms. The number of ether oxygens (including phenoxy) is 2. The van der Waals surface area contributed by atoms with Gasteiger partial charge in [-0.1, -0.05) is 60.4 Å². The summed E-state index contributed by atoms with van der Waals surface area (Å²) in [6.45, 7) is 0.616. The zero-order valence-corrected chi connectivity index (χ0v) is 16.4. The number of carbonyl (C=O) groups excluding carboxylic acids is 1. The van der Waals surface area contributed by atoms with Gasteiger partial charge < -0.3 is 9.47 Å². The summed E-state index contributed by atoms with van der Waals surface area (Å²) < 4.78 is 11.3. The summed E-state index contributed by atoms with van der Waals surface area (Å²) in [7, 11) is 3.24. The Kier molecular flexibility index (Phi) is 6.16. The highest BCUT2D eigenvalue weighted by Crippen LogP contribution is 2.33. The van der Waals surface area contributed by atoms with Crippen LogP contribution in [0.3, 0.4) is 0 Å². The molecule has 0 aromatic heterocycles. The van der Waals surface area contributed by atoms with Gasteiger partial charge in [-0.05, 0) is 30.0 Å². The van der Waals surface area contributed by atoms with Gasteiger partial charge in [0, 0.05) is 12.6 Å². The van der Waals surface area contributed by atoms with E-state index in [4.69, 9.17) is 21.7 Å². The first-order valence-corrected chi connectivity index (χ1v) is 9.68. The predicted octanol–water partition coefficient (Wildman–Crippen LogP) is 3.72. The highest BCUT2D eigenvalue weighted by atomic mass is 32.2. The van der Waals surface area contributed by atoms with Gasteiger partial charge in [-0.2, -0.15) is 0 Å². The molecule has 6 heteroatoms. The Morgan fingerprint density at radius 1 is 1.12 bits per heavy atom. The summed E-state index contributed by atoms with van der Waals surface area (Å²) in [6.07, 6.45) is 1.38. The molecule has 4 nitrogen and oxygen atoms in total. The molecule has 0 saturated carbocycles. The lowest BCUT2D eigenvalue weighted by atomic mass is 10.1. The molecule has 0 spiro atoms. The van der Waals surface area contributed by atoms with E-state index in [1.165, 1.54) is 17.3 Å². The Morgan fingerprint density at radius 2 is 1.88 bits per heavy atom. The third kappa shape index (κ3) is 4.19. The molecule has 1 aliphatic heterocycles. The second-order valence-electron chi connectivity index (χ2n) is 5.98. The number of methoxy groups -OCH3 is 2. The smallest absolute Gasteiger partial charge is 0.241 e. The molecule has 0 aliphatic carbocycles. The molecular weight excluding hydrogens is 366 g/mol. The number of nitrogens with zero attached hydrogens (tertiary/aromatic N) is 1. The van der Waals surface area contributed by atoms with Crippen LogP contribution in [-0.4, -0.2) is 41.1 Å². The number of thioether (sulfide) groups is 1. The lowest BCUT2D eigenvalue weighted by Gasteiger charge is -2.16. The van der Waals surface area contributed by atoms with Crippen LogP contribution in [0, 0.1) is 0 Å². The van der Waals surface area contributed by atoms with Crippen molar-refractivity contribution in [3.05, 3.63) is 59.7 Å². The largest absolute Gasteiger partial charge is 0.497 e. The maximum Gasteiger partial charge on any atom is 0.241 e. The first-order chi connectivity index (χ1) is 12.6. The third-order valence-electron chi connectivity index (χ3n) is 4.37. The van der Waals surface area contributed by atoms with Crippen molar-refractivity contribution in [2.24, 2.45) is 0 Å². The highest BCUT2D eigenvalue weighted by molar-refractivity contribution is 8.24. The van der Waals surface area contributed by atoms with Crippen molar-refractivity contribution in [3.8, 4) is 11.5 Å². The first-order valence-electron chi connectivity index (χ1n) is 8.39. The monoisotopic (exact) mass is 387 g/mol. The van der Waals surface area contributed by atoms with Crippen molar-refractivity contribution in [2.75, 3.05) is 20.8 Å². The lowest BCUT2D eigenvalue weighted by Crippen LogP contribution is -2.33. The van der Waals surface area contributed by atoms with Crippen molar-refractivity contribution in [1.29, 1.82) is 0 Å². The van der Waals surface area contributed by atoms with Crippen molar-refractivity contribution in [3.63, 3.8) is 0 Å². The van der Waals surface area contributed by atoms with Crippen molar-refractivity contribution in [2.45, 2.75) is 18.1 Å². The van der Waals surface area contributed by atoms with E-state index in [2.05, 4.69) is 12.1 Å². The second kappa shape index (κ2) is 8.56. The fourth-order valence-electron chi connectivity index (χ4n) is 2.94. The van der Waals surface area contributed by atoms with E-state index in [0.717, 1.165) is 23.5 Å². The van der Waals surface area contributed by atoms with Crippen LogP contribution < -0.4 is 9.47 Å². The number of benzene rings is 2. The number of thiocarbonyl (C=S) groups is 1. The van der Waals surface area contributed by atoms with Gasteiger partial charge >= 0.3 is 0 Å². The molecule has 136 valence electrons. The fourth-order valence-corrected chi connectivity index (χ4v) is 4.51. The van der Waals surface area contributed by atoms with Crippen LogP contribution in [-0.2, 0) is 17.6 Å². The number of hydrogen-bond donors (Lipinski definition) is 0. The molecule has 0 radical (unpaired) electrons. The summed E-state index contributed by atoms with van der Waals surface area (Å²) in [5.41, 5.74) is 2.18. The van der Waals surface area contributed by atoms with E-state index in [1.54, 1.807) is 19.1 Å². The molecule has 2 aromatic carbocycles. The zero-order chi connectivity index (χ0) is 18.5. The van der Waals surface area contributed by atoms with E-state index in [-0.39, 0.29) is 11.2 Å². The fraction of sp³-hybridized carbons (Fsp3) is 0.300. The van der Waals surface area contributed by atoms with E-state index in [9.17, 15) is 4.79 Å². The molecule has 3 rings (SSSR count). The topological polar surface area (TPSA) is 38.8 Å². The molecule has 1 saturated heterocycles. The van der Waals surface area contributed by atoms with Crippen LogP contribution in [0.2, 0.25) is 0 Å². The van der Waals surface area contributed by atoms with Gasteiger partial charge in [0.05, 0.1) is 19.5 Å². The van der Waals surface area contributed by atoms with Gasteiger partial charge in [-0.25, -0.2) is 0 Å². The normalized spacial score (nSPS) is 16.8. The first kappa shape index (κ1) is 18.7. The summed E-state index contributed by atoms with van der Waals surface area (Å²) in [5, 5.41) is -0.208. The van der Waals surface area contributed by atoms with Crippen LogP contribution in [0.25, 0.3) is 0 Å². The summed E-state index contributed by atoms with van der Waals surface area (Å²) in [6, 6.07) is 15.8. The summed E-state index contributed by atoms with van der Waals surface area (Å²) in [5.74, 6) is 1.54. The van der Waals surface area contributed by atoms with E-state index >= 15 is 0 Å². The molecule has 1 heterocycles. The standard InChI is InChI=1S/C20H21NO3S2/c1-23-16-9-8-15(17(13-16)24-2)12-18-19(22)21(20(25)26-18)11-10-14-6-4-3-5-7-14/h3-9,13,18H,10-12H2,1-2H3/t18-/m1/s1. The van der Waals surface area contributed by atoms with Gasteiger partial charge in [-0.15, -0.1) is 0 Å². The maximum atomic E-state index is 12.8. The van der Waals surface area contributed by atoms with E-state index in [1.807, 2.05) is 36.4 Å². The minimum atomic E-state index is -0.208. The Balaban J connectivity index is 1.67. The number of carbonyl (C=O) groups is 1. The SMILES string of the molecule is COc1ccc(C[C@H]2SC(=S)N(CCc3ccccc3)C2=O)c(OC)c1. The quantitative estimate of drug-likeness (QED) is 0.677. The lowest BCUT2D eigenvalue weighted by molar-refractivity contribution is -0.126. The molecule has 1 amide bonds. The van der Waals surface area contributed by atoms with Crippen LogP contribution in [0.1, 0.15) is 11.1 Å². The predicted molar refractivity (Wildman–Crippen MR) is 109 cm³/mol. The van der Waals surface area contributed by atoms with Gasteiger partial charge in [0.1, 0.15) is 15.8 Å². The Hall–Kier alpha value is -2.05. The maximum absolute atomic E-state index is 12.8. The molecule has 1 fully saturated rings. The molecule has 1 atom stereocenters.